The minimum atomic E-state index is 0.796. The zero-order valence-electron chi connectivity index (χ0n) is 6.65. The Labute approximate surface area is 97.1 Å². The quantitative estimate of drug-likeness (QED) is 0.797. The van der Waals surface area contributed by atoms with Crippen molar-refractivity contribution in [2.45, 2.75) is 0 Å². The lowest BCUT2D eigenvalue weighted by Gasteiger charge is -1.88. The largest absolute Gasteiger partial charge is 0.496 e. The first-order valence-corrected chi connectivity index (χ1v) is 6.15. The van der Waals surface area contributed by atoms with E-state index in [0.717, 1.165) is 19.5 Å². The molecule has 0 amide bonds. The van der Waals surface area contributed by atoms with Crippen molar-refractivity contribution in [1.82, 2.24) is 9.36 Å². The van der Waals surface area contributed by atoms with E-state index < -0.39 is 0 Å². The second-order valence-corrected chi connectivity index (χ2v) is 4.85. The molecule has 0 fully saturated rings. The minimum absolute atomic E-state index is 0.796. The smallest absolute Gasteiger partial charge is 0.203 e. The van der Waals surface area contributed by atoms with E-state index in [1.165, 1.54) is 11.5 Å². The molecule has 2 rings (SSSR count). The normalized spacial score (nSPS) is 10.3. The molecule has 0 bridgehead atoms. The Morgan fingerprint density at radius 3 is 2.92 bits per heavy atom. The molecule has 2 aromatic rings. The summed E-state index contributed by atoms with van der Waals surface area (Å²) in [6.45, 7) is 0. The van der Waals surface area contributed by atoms with Crippen LogP contribution in [0.15, 0.2) is 11.4 Å². The van der Waals surface area contributed by atoms with E-state index >= 15 is 0 Å². The predicted octanol–water partition coefficient (Wildman–Crippen LogP) is 2.88. The second-order valence-electron chi connectivity index (χ2n) is 2.22. The summed E-state index contributed by atoms with van der Waals surface area (Å²) in [5, 5.41) is 2.92. The molecule has 0 aliphatic heterocycles. The van der Waals surface area contributed by atoms with Crippen molar-refractivity contribution in [2.24, 2.45) is 0 Å². The van der Waals surface area contributed by atoms with E-state index in [-0.39, 0.29) is 0 Å². The van der Waals surface area contributed by atoms with Gasteiger partial charge in [-0.15, -0.1) is 11.3 Å². The molecule has 2 aromatic heterocycles. The maximum absolute atomic E-state index is 5.09. The van der Waals surface area contributed by atoms with Gasteiger partial charge in [0.2, 0.25) is 3.83 Å². The Balaban J connectivity index is 2.35. The van der Waals surface area contributed by atoms with Gasteiger partial charge in [-0.05, 0) is 11.5 Å². The number of rotatable bonds is 2. The lowest BCUT2D eigenvalue weighted by atomic mass is 10.5. The molecule has 0 atom stereocenters. The van der Waals surface area contributed by atoms with E-state index in [1.807, 2.05) is 11.4 Å². The van der Waals surface area contributed by atoms with Crippen LogP contribution in [0.25, 0.3) is 9.88 Å². The third kappa shape index (κ3) is 2.00. The van der Waals surface area contributed by atoms with Gasteiger partial charge in [-0.2, -0.15) is 4.37 Å². The van der Waals surface area contributed by atoms with Crippen LogP contribution in [0.5, 0.6) is 5.75 Å². The molecular weight excluding hydrogens is 319 g/mol. The van der Waals surface area contributed by atoms with Crippen LogP contribution in [-0.4, -0.2) is 16.5 Å². The van der Waals surface area contributed by atoms with Gasteiger partial charge in [0.15, 0.2) is 5.01 Å². The van der Waals surface area contributed by atoms with Crippen molar-refractivity contribution < 1.29 is 4.74 Å². The maximum atomic E-state index is 5.09. The van der Waals surface area contributed by atoms with Crippen LogP contribution in [0, 0.1) is 3.83 Å². The first-order chi connectivity index (χ1) is 6.29. The van der Waals surface area contributed by atoms with Crippen LogP contribution in [0.2, 0.25) is 0 Å². The fourth-order valence-electron chi connectivity index (χ4n) is 0.844. The molecular formula is C7H5IN2OS2. The standard InChI is InChI=1S/C7H5IN2OS2/c1-11-4-2-5(12-3-4)6-9-7(8)10-13-6/h2-3H,1H3. The van der Waals surface area contributed by atoms with Crippen molar-refractivity contribution in [3.05, 3.63) is 15.3 Å². The van der Waals surface area contributed by atoms with Crippen molar-refractivity contribution in [1.29, 1.82) is 0 Å². The van der Waals surface area contributed by atoms with Crippen molar-refractivity contribution >= 4 is 45.5 Å². The third-order valence-corrected chi connectivity index (χ3v) is 4.03. The summed E-state index contributed by atoms with van der Waals surface area (Å²) in [7, 11) is 1.66. The number of hydrogen-bond donors (Lipinski definition) is 0. The maximum Gasteiger partial charge on any atom is 0.203 e. The molecule has 2 heterocycles. The van der Waals surface area contributed by atoms with E-state index in [2.05, 4.69) is 31.9 Å². The molecule has 0 saturated heterocycles. The Hall–Kier alpha value is -0.210. The van der Waals surface area contributed by atoms with E-state index in [0.29, 0.717) is 0 Å². The molecule has 0 saturated carbocycles. The van der Waals surface area contributed by atoms with Gasteiger partial charge in [-0.1, -0.05) is 0 Å². The van der Waals surface area contributed by atoms with E-state index in [1.54, 1.807) is 18.4 Å². The lowest BCUT2D eigenvalue weighted by molar-refractivity contribution is 0.417. The summed E-state index contributed by atoms with van der Waals surface area (Å²) in [5.41, 5.74) is 0. The Morgan fingerprint density at radius 2 is 2.38 bits per heavy atom. The van der Waals surface area contributed by atoms with Gasteiger partial charge in [0.25, 0.3) is 0 Å². The number of methoxy groups -OCH3 is 1. The highest BCUT2D eigenvalue weighted by molar-refractivity contribution is 14.1. The van der Waals surface area contributed by atoms with Crippen LogP contribution in [0.3, 0.4) is 0 Å². The number of halogens is 1. The highest BCUT2D eigenvalue weighted by atomic mass is 127. The number of ether oxygens (including phenoxy) is 1. The Kier molecular flexibility index (Phi) is 2.80. The Morgan fingerprint density at radius 1 is 1.54 bits per heavy atom. The topological polar surface area (TPSA) is 35.0 Å². The van der Waals surface area contributed by atoms with Crippen molar-refractivity contribution in [3.8, 4) is 15.6 Å². The van der Waals surface area contributed by atoms with Crippen LogP contribution < -0.4 is 4.74 Å². The zero-order chi connectivity index (χ0) is 9.26. The van der Waals surface area contributed by atoms with E-state index in [4.69, 9.17) is 4.74 Å². The molecule has 3 nitrogen and oxygen atoms in total. The van der Waals surface area contributed by atoms with Crippen LogP contribution in [0.4, 0.5) is 0 Å². The van der Waals surface area contributed by atoms with Gasteiger partial charge in [-0.25, -0.2) is 4.98 Å². The van der Waals surface area contributed by atoms with Crippen molar-refractivity contribution in [3.63, 3.8) is 0 Å². The summed E-state index contributed by atoms with van der Waals surface area (Å²) >= 11 is 5.14. The minimum Gasteiger partial charge on any atom is -0.496 e. The molecule has 6 heteroatoms. The van der Waals surface area contributed by atoms with Gasteiger partial charge in [-0.3, -0.25) is 0 Å². The van der Waals surface area contributed by atoms with Crippen LogP contribution in [-0.2, 0) is 0 Å². The summed E-state index contributed by atoms with van der Waals surface area (Å²) in [4.78, 5) is 5.39. The van der Waals surface area contributed by atoms with Gasteiger partial charge in [0, 0.05) is 34.0 Å². The summed E-state index contributed by atoms with van der Waals surface area (Å²) in [6.07, 6.45) is 0. The molecule has 0 aliphatic rings. The first kappa shape index (κ1) is 9.35. The van der Waals surface area contributed by atoms with Gasteiger partial charge in [0.1, 0.15) is 5.75 Å². The number of nitrogens with zero attached hydrogens (tertiary/aromatic N) is 2. The molecule has 68 valence electrons. The van der Waals surface area contributed by atoms with Crippen LogP contribution >= 0.6 is 45.5 Å². The fourth-order valence-corrected chi connectivity index (χ4v) is 3.02. The summed E-state index contributed by atoms with van der Waals surface area (Å²) in [6, 6.07) is 1.97. The van der Waals surface area contributed by atoms with Gasteiger partial charge in [0.05, 0.1) is 12.0 Å². The second kappa shape index (κ2) is 3.89. The molecule has 0 unspecified atom stereocenters. The number of thiophene rings is 1. The highest BCUT2D eigenvalue weighted by Crippen LogP contribution is 2.31. The molecule has 0 aliphatic carbocycles. The molecule has 0 spiro atoms. The number of hydrogen-bond acceptors (Lipinski definition) is 5. The fraction of sp³-hybridized carbons (Fsp3) is 0.143. The molecule has 0 radical (unpaired) electrons. The summed E-state index contributed by atoms with van der Waals surface area (Å²) < 4.78 is 10.00. The first-order valence-electron chi connectivity index (χ1n) is 3.41. The predicted molar refractivity (Wildman–Crippen MR) is 62.5 cm³/mol. The molecule has 0 N–H and O–H groups in total. The highest BCUT2D eigenvalue weighted by Gasteiger charge is 2.07. The lowest BCUT2D eigenvalue weighted by Crippen LogP contribution is -1.76. The molecule has 13 heavy (non-hydrogen) atoms. The van der Waals surface area contributed by atoms with Gasteiger partial charge >= 0.3 is 0 Å². The third-order valence-electron chi connectivity index (χ3n) is 1.42. The average molecular weight is 324 g/mol. The zero-order valence-corrected chi connectivity index (χ0v) is 10.4. The monoisotopic (exact) mass is 324 g/mol. The van der Waals surface area contributed by atoms with Crippen molar-refractivity contribution in [2.75, 3.05) is 7.11 Å². The Bertz CT molecular complexity index is 412. The van der Waals surface area contributed by atoms with Gasteiger partial charge < -0.3 is 4.74 Å². The van der Waals surface area contributed by atoms with Crippen LogP contribution in [0.1, 0.15) is 0 Å². The van der Waals surface area contributed by atoms with E-state index in [9.17, 15) is 0 Å². The summed E-state index contributed by atoms with van der Waals surface area (Å²) in [5.74, 6) is 0.880. The molecule has 0 aromatic carbocycles. The number of aromatic nitrogens is 2. The SMILES string of the molecule is COc1csc(-c2nc(I)ns2)c1. The average Bonchev–Trinajstić information content (AvgIpc) is 2.71.